The van der Waals surface area contributed by atoms with Gasteiger partial charge in [-0.05, 0) is 92.1 Å². The number of ether oxygens (including phenoxy) is 1. The molecule has 2 fully saturated rings. The van der Waals surface area contributed by atoms with E-state index in [-0.39, 0.29) is 0 Å². The molecule has 0 amide bonds. The molecule has 1 aliphatic heterocycles. The van der Waals surface area contributed by atoms with E-state index >= 15 is 0 Å². The Bertz CT molecular complexity index is 809. The number of halogens is 1. The number of nitrogens with zero attached hydrogens (tertiary/aromatic N) is 1. The van der Waals surface area contributed by atoms with Crippen LogP contribution in [0.2, 0.25) is 0 Å². The lowest BCUT2D eigenvalue weighted by atomic mass is 9.66. The zero-order valence-corrected chi connectivity index (χ0v) is 25.2. The summed E-state index contributed by atoms with van der Waals surface area (Å²) in [6.07, 6.45) is 21.5. The van der Waals surface area contributed by atoms with Gasteiger partial charge in [0.25, 0.3) is 0 Å². The summed E-state index contributed by atoms with van der Waals surface area (Å²) in [6, 6.07) is 0.528. The number of nitrogens with one attached hydrogen (secondary N) is 1. The minimum absolute atomic E-state index is 0.318. The molecule has 1 N–H and O–H groups in total. The van der Waals surface area contributed by atoms with Gasteiger partial charge >= 0.3 is 0 Å². The van der Waals surface area contributed by atoms with E-state index in [1.54, 1.807) is 5.57 Å². The second kappa shape index (κ2) is 13.6. The Hall–Kier alpha value is -0.610. The van der Waals surface area contributed by atoms with Crippen LogP contribution in [0.3, 0.4) is 0 Å². The van der Waals surface area contributed by atoms with Crippen molar-refractivity contribution in [2.45, 2.75) is 91.5 Å². The number of hydrogen-bond acceptors (Lipinski definition) is 3. The van der Waals surface area contributed by atoms with Crippen LogP contribution in [0.1, 0.15) is 85.5 Å². The minimum atomic E-state index is 0.318. The summed E-state index contributed by atoms with van der Waals surface area (Å²) in [6.45, 7) is 15.3. The highest BCUT2D eigenvalue weighted by atomic mass is 35.5. The number of rotatable bonds is 10. The maximum atomic E-state index is 6.21. The van der Waals surface area contributed by atoms with Crippen LogP contribution in [0.15, 0.2) is 34.9 Å². The SMILES string of the molecule is COCC1CC(CN[C@@H](CN2CCC(C3C=CC(Cl)=CC3)C(C)(C)C2)C(C)C)=CC(C2CCCCC2)C1. The quantitative estimate of drug-likeness (QED) is 0.291. The summed E-state index contributed by atoms with van der Waals surface area (Å²) >= 11 is 6.21. The molecule has 0 bridgehead atoms. The maximum Gasteiger partial charge on any atom is 0.0493 e. The van der Waals surface area contributed by atoms with Gasteiger partial charge in [-0.1, -0.05) is 82.4 Å². The van der Waals surface area contributed by atoms with Gasteiger partial charge in [-0.3, -0.25) is 0 Å². The molecule has 1 heterocycles. The Morgan fingerprint density at radius 1 is 1.14 bits per heavy atom. The van der Waals surface area contributed by atoms with E-state index in [1.807, 2.05) is 7.11 Å². The molecular weight excluding hydrogens is 476 g/mol. The zero-order chi connectivity index (χ0) is 26.4. The van der Waals surface area contributed by atoms with Crippen molar-refractivity contribution >= 4 is 11.6 Å². The van der Waals surface area contributed by atoms with Gasteiger partial charge < -0.3 is 15.0 Å². The Balaban J connectivity index is 1.33. The molecule has 5 atom stereocenters. The second-order valence-corrected chi connectivity index (χ2v) is 14.3. The van der Waals surface area contributed by atoms with E-state index in [1.165, 1.54) is 64.5 Å². The fraction of sp³-hybridized carbons (Fsp3) is 0.818. The van der Waals surface area contributed by atoms with E-state index in [9.17, 15) is 0 Å². The number of allylic oxidation sites excluding steroid dienone is 5. The molecule has 3 aliphatic carbocycles. The first kappa shape index (κ1) is 29.4. The summed E-state index contributed by atoms with van der Waals surface area (Å²) in [5.41, 5.74) is 1.96. The van der Waals surface area contributed by atoms with Gasteiger partial charge in [-0.25, -0.2) is 0 Å². The third-order valence-corrected chi connectivity index (χ3v) is 10.4. The highest BCUT2D eigenvalue weighted by molar-refractivity contribution is 6.31. The Labute approximate surface area is 233 Å². The first-order valence-corrected chi connectivity index (χ1v) is 15.8. The second-order valence-electron chi connectivity index (χ2n) is 13.8. The van der Waals surface area contributed by atoms with Crippen LogP contribution < -0.4 is 5.32 Å². The number of likely N-dealkylation sites (tertiary alicyclic amines) is 1. The lowest BCUT2D eigenvalue weighted by Gasteiger charge is -2.48. The summed E-state index contributed by atoms with van der Waals surface area (Å²) in [4.78, 5) is 2.75. The van der Waals surface area contributed by atoms with Crippen LogP contribution in [0.25, 0.3) is 0 Å². The monoisotopic (exact) mass is 530 g/mol. The van der Waals surface area contributed by atoms with Gasteiger partial charge in [0.1, 0.15) is 0 Å². The van der Waals surface area contributed by atoms with Gasteiger partial charge in [0.2, 0.25) is 0 Å². The smallest absolute Gasteiger partial charge is 0.0493 e. The molecule has 4 aliphatic rings. The van der Waals surface area contributed by atoms with E-state index in [0.717, 1.165) is 48.9 Å². The Kier molecular flexibility index (Phi) is 10.8. The van der Waals surface area contributed by atoms with Gasteiger partial charge in [0, 0.05) is 44.4 Å². The van der Waals surface area contributed by atoms with Crippen molar-refractivity contribution in [3.63, 3.8) is 0 Å². The van der Waals surface area contributed by atoms with Crippen molar-refractivity contribution in [2.24, 2.45) is 40.9 Å². The fourth-order valence-corrected chi connectivity index (χ4v) is 8.22. The summed E-state index contributed by atoms with van der Waals surface area (Å²) in [5, 5.41) is 4.95. The van der Waals surface area contributed by atoms with Gasteiger partial charge in [-0.15, -0.1) is 0 Å². The van der Waals surface area contributed by atoms with Crippen LogP contribution in [0, 0.1) is 40.9 Å². The van der Waals surface area contributed by atoms with Crippen LogP contribution >= 0.6 is 11.6 Å². The first-order valence-electron chi connectivity index (χ1n) is 15.4. The van der Waals surface area contributed by atoms with Crippen molar-refractivity contribution in [3.8, 4) is 0 Å². The van der Waals surface area contributed by atoms with E-state index in [4.69, 9.17) is 16.3 Å². The average Bonchev–Trinajstić information content (AvgIpc) is 2.87. The minimum Gasteiger partial charge on any atom is -0.384 e. The van der Waals surface area contributed by atoms with E-state index < -0.39 is 0 Å². The maximum absolute atomic E-state index is 6.21. The molecule has 0 aromatic heterocycles. The zero-order valence-electron chi connectivity index (χ0n) is 24.5. The largest absolute Gasteiger partial charge is 0.384 e. The fourth-order valence-electron chi connectivity index (χ4n) is 8.06. The normalized spacial score (nSPS) is 32.3. The molecule has 0 radical (unpaired) electrons. The number of piperidine rings is 1. The van der Waals surface area contributed by atoms with Crippen molar-refractivity contribution in [3.05, 3.63) is 34.9 Å². The lowest BCUT2D eigenvalue weighted by molar-refractivity contribution is 0.0253. The van der Waals surface area contributed by atoms with Gasteiger partial charge in [0.15, 0.2) is 0 Å². The molecule has 0 aromatic rings. The third-order valence-electron chi connectivity index (χ3n) is 10.1. The molecule has 4 unspecified atom stereocenters. The van der Waals surface area contributed by atoms with Crippen molar-refractivity contribution < 1.29 is 4.74 Å². The molecule has 0 aromatic carbocycles. The molecule has 210 valence electrons. The van der Waals surface area contributed by atoms with E-state index in [0.29, 0.717) is 29.2 Å². The predicted molar refractivity (Wildman–Crippen MR) is 159 cm³/mol. The van der Waals surface area contributed by atoms with Gasteiger partial charge in [-0.2, -0.15) is 0 Å². The third kappa shape index (κ3) is 8.19. The average molecular weight is 531 g/mol. The molecule has 4 rings (SSSR count). The molecule has 1 saturated carbocycles. The molecular formula is C33H55ClN2O. The number of methoxy groups -OCH3 is 1. The number of hydrogen-bond donors (Lipinski definition) is 1. The summed E-state index contributed by atoms with van der Waals surface area (Å²) in [5.74, 6) is 4.35. The Morgan fingerprint density at radius 2 is 1.92 bits per heavy atom. The highest BCUT2D eigenvalue weighted by Gasteiger charge is 2.40. The van der Waals surface area contributed by atoms with Crippen LogP contribution in [0.5, 0.6) is 0 Å². The standard InChI is InChI=1S/C33H55ClN2O/c1-24(2)32(21-36-16-15-31(33(3,4)23-36)28-11-13-30(34)14-12-28)35-20-25-17-26(22-37-5)19-29(18-25)27-9-7-6-8-10-27/h11,13-14,18,24,26-29,31-32,35H,6-10,12,15-17,19-23H2,1-5H3/t26?,28?,29?,31?,32-/m0/s1. The topological polar surface area (TPSA) is 24.5 Å². The first-order chi connectivity index (χ1) is 17.7. The van der Waals surface area contributed by atoms with Crippen LogP contribution in [0.4, 0.5) is 0 Å². The Morgan fingerprint density at radius 3 is 2.57 bits per heavy atom. The van der Waals surface area contributed by atoms with Crippen molar-refractivity contribution in [1.82, 2.24) is 10.2 Å². The lowest BCUT2D eigenvalue weighted by Crippen LogP contribution is -2.53. The van der Waals surface area contributed by atoms with Crippen molar-refractivity contribution in [1.29, 1.82) is 0 Å². The van der Waals surface area contributed by atoms with Gasteiger partial charge in [0.05, 0.1) is 0 Å². The van der Waals surface area contributed by atoms with Crippen LogP contribution in [-0.4, -0.2) is 50.8 Å². The predicted octanol–water partition coefficient (Wildman–Crippen LogP) is 7.83. The molecule has 0 spiro atoms. The molecule has 1 saturated heterocycles. The van der Waals surface area contributed by atoms with E-state index in [2.05, 4.69) is 62.2 Å². The molecule has 3 nitrogen and oxygen atoms in total. The van der Waals surface area contributed by atoms with Crippen LogP contribution in [-0.2, 0) is 4.74 Å². The summed E-state index contributed by atoms with van der Waals surface area (Å²) < 4.78 is 5.64. The summed E-state index contributed by atoms with van der Waals surface area (Å²) in [7, 11) is 1.88. The molecule has 4 heteroatoms. The molecule has 37 heavy (non-hydrogen) atoms. The van der Waals surface area contributed by atoms with Crippen molar-refractivity contribution in [2.75, 3.05) is 39.9 Å². The highest BCUT2D eigenvalue weighted by Crippen LogP contribution is 2.43.